The molecule has 6 heteroatoms. The van der Waals surface area contributed by atoms with Crippen LogP contribution in [0.3, 0.4) is 0 Å². The van der Waals surface area contributed by atoms with Gasteiger partial charge in [-0.3, -0.25) is 4.79 Å². The van der Waals surface area contributed by atoms with Crippen LogP contribution in [0.2, 0.25) is 0 Å². The lowest BCUT2D eigenvalue weighted by atomic mass is 10.0. The van der Waals surface area contributed by atoms with Gasteiger partial charge in [0.1, 0.15) is 17.6 Å². The Morgan fingerprint density at radius 3 is 2.66 bits per heavy atom. The lowest BCUT2D eigenvalue weighted by molar-refractivity contribution is 0.0754. The zero-order valence-corrected chi connectivity index (χ0v) is 18.3. The number of hydrogen-bond acceptors (Lipinski definition) is 5. The number of amides is 1. The molecule has 6 nitrogen and oxygen atoms in total. The van der Waals surface area contributed by atoms with Gasteiger partial charge in [0.15, 0.2) is 0 Å². The minimum atomic E-state index is -0.162. The molecule has 1 heterocycles. The van der Waals surface area contributed by atoms with Crippen LogP contribution in [-0.2, 0) is 4.74 Å². The normalized spacial score (nSPS) is 16.3. The maximum absolute atomic E-state index is 12.5. The average Bonchev–Trinajstić information content (AvgIpc) is 2.72. The third-order valence-corrected chi connectivity index (χ3v) is 5.41. The summed E-state index contributed by atoms with van der Waals surface area (Å²) >= 11 is 0. The van der Waals surface area contributed by atoms with Gasteiger partial charge in [0.05, 0.1) is 19.3 Å². The zero-order valence-electron chi connectivity index (χ0n) is 18.3. The maximum atomic E-state index is 12.5. The van der Waals surface area contributed by atoms with Gasteiger partial charge in [-0.25, -0.2) is 0 Å². The van der Waals surface area contributed by atoms with Crippen LogP contribution in [0, 0.1) is 0 Å². The van der Waals surface area contributed by atoms with Crippen LogP contribution in [0.4, 0.5) is 0 Å². The molecule has 0 saturated carbocycles. The Labute approximate surface area is 175 Å². The maximum Gasteiger partial charge on any atom is 0.255 e. The topological polar surface area (TPSA) is 60.0 Å². The minimum Gasteiger partial charge on any atom is -0.497 e. The fourth-order valence-corrected chi connectivity index (χ4v) is 3.53. The number of allylic oxidation sites excluding steroid dienone is 1. The Kier molecular flexibility index (Phi) is 9.48. The van der Waals surface area contributed by atoms with E-state index in [0.29, 0.717) is 36.3 Å². The predicted molar refractivity (Wildman–Crippen MR) is 116 cm³/mol. The van der Waals surface area contributed by atoms with E-state index >= 15 is 0 Å². The van der Waals surface area contributed by atoms with Crippen molar-refractivity contribution in [3.63, 3.8) is 0 Å². The van der Waals surface area contributed by atoms with Crippen molar-refractivity contribution in [2.45, 2.75) is 51.7 Å². The number of benzene rings is 1. The van der Waals surface area contributed by atoms with Crippen LogP contribution >= 0.6 is 0 Å². The Bertz CT molecular complexity index is 669. The van der Waals surface area contributed by atoms with E-state index in [1.807, 2.05) is 0 Å². The molecule has 2 rings (SSSR count). The highest BCUT2D eigenvalue weighted by Gasteiger charge is 2.25. The fraction of sp³-hybridized carbons (Fsp3) is 0.609. The number of hydrogen-bond donors (Lipinski definition) is 1. The van der Waals surface area contributed by atoms with Gasteiger partial charge >= 0.3 is 0 Å². The van der Waals surface area contributed by atoms with Crippen LogP contribution in [0.1, 0.15) is 49.9 Å². The number of nitrogens with zero attached hydrogens (tertiary/aromatic N) is 1. The summed E-state index contributed by atoms with van der Waals surface area (Å²) in [4.78, 5) is 15.1. The number of methoxy groups -OCH3 is 2. The van der Waals surface area contributed by atoms with E-state index in [4.69, 9.17) is 14.2 Å². The van der Waals surface area contributed by atoms with Crippen LogP contribution in [0.15, 0.2) is 30.4 Å². The monoisotopic (exact) mass is 404 g/mol. The molecule has 0 aliphatic carbocycles. The lowest BCUT2D eigenvalue weighted by Crippen LogP contribution is -2.43. The molecule has 1 aromatic carbocycles. The highest BCUT2D eigenvalue weighted by molar-refractivity contribution is 5.97. The molecule has 0 unspecified atom stereocenters. The van der Waals surface area contributed by atoms with Crippen molar-refractivity contribution in [1.29, 1.82) is 0 Å². The Hall–Kier alpha value is -2.05. The van der Waals surface area contributed by atoms with E-state index in [0.717, 1.165) is 38.8 Å². The lowest BCUT2D eigenvalue weighted by Gasteiger charge is -2.36. The van der Waals surface area contributed by atoms with Gasteiger partial charge in [0.25, 0.3) is 5.91 Å². The smallest absolute Gasteiger partial charge is 0.255 e. The zero-order chi connectivity index (χ0) is 21.2. The number of carbonyl (C=O) groups is 1. The van der Waals surface area contributed by atoms with Gasteiger partial charge in [-0.05, 0) is 51.7 Å². The van der Waals surface area contributed by atoms with Gasteiger partial charge in [0, 0.05) is 38.9 Å². The molecule has 1 aliphatic heterocycles. The average molecular weight is 405 g/mol. The first kappa shape index (κ1) is 23.2. The second-order valence-corrected chi connectivity index (χ2v) is 7.81. The van der Waals surface area contributed by atoms with Gasteiger partial charge in [-0.1, -0.05) is 5.57 Å². The molecule has 1 aliphatic rings. The summed E-state index contributed by atoms with van der Waals surface area (Å²) < 4.78 is 16.6. The second-order valence-electron chi connectivity index (χ2n) is 7.81. The molecule has 1 aromatic rings. The first-order valence-corrected chi connectivity index (χ1v) is 10.4. The molecular formula is C23H36N2O4. The third kappa shape index (κ3) is 7.37. The summed E-state index contributed by atoms with van der Waals surface area (Å²) in [6.45, 7) is 11.3. The second kappa shape index (κ2) is 11.8. The van der Waals surface area contributed by atoms with Crippen molar-refractivity contribution >= 4 is 5.91 Å². The summed E-state index contributed by atoms with van der Waals surface area (Å²) in [5, 5.41) is 2.86. The van der Waals surface area contributed by atoms with E-state index in [9.17, 15) is 4.79 Å². The Morgan fingerprint density at radius 1 is 1.31 bits per heavy atom. The Balaban J connectivity index is 1.97. The van der Waals surface area contributed by atoms with Crippen molar-refractivity contribution in [3.8, 4) is 11.5 Å². The summed E-state index contributed by atoms with van der Waals surface area (Å²) in [6, 6.07) is 5.88. The minimum absolute atomic E-state index is 0.0946. The fourth-order valence-electron chi connectivity index (χ4n) is 3.53. The molecule has 1 saturated heterocycles. The molecule has 0 spiro atoms. The number of nitrogens with one attached hydrogen (secondary N) is 1. The highest BCUT2D eigenvalue weighted by Crippen LogP contribution is 2.28. The van der Waals surface area contributed by atoms with E-state index in [1.165, 1.54) is 5.57 Å². The molecule has 0 radical (unpaired) electrons. The summed E-state index contributed by atoms with van der Waals surface area (Å²) in [6.07, 6.45) is 4.20. The van der Waals surface area contributed by atoms with Crippen LogP contribution in [0.25, 0.3) is 0 Å². The molecule has 0 aromatic heterocycles. The molecule has 1 fully saturated rings. The molecule has 1 amide bonds. The van der Waals surface area contributed by atoms with E-state index in [1.54, 1.807) is 32.4 Å². The SMILES string of the molecule is C=C(C)CC[C@H](C)N1CCC(Oc2cc(OC)ccc2C(=O)NCCOC)CC1. The van der Waals surface area contributed by atoms with E-state index in [-0.39, 0.29) is 12.0 Å². The first-order valence-electron chi connectivity index (χ1n) is 10.4. The highest BCUT2D eigenvalue weighted by atomic mass is 16.5. The predicted octanol–water partition coefficient (Wildman–Crippen LogP) is 3.66. The van der Waals surface area contributed by atoms with Gasteiger partial charge in [-0.15, -0.1) is 6.58 Å². The number of carbonyl (C=O) groups excluding carboxylic acids is 1. The van der Waals surface area contributed by atoms with E-state index < -0.39 is 0 Å². The molecular weight excluding hydrogens is 368 g/mol. The van der Waals surface area contributed by atoms with Crippen molar-refractivity contribution in [2.75, 3.05) is 40.5 Å². The van der Waals surface area contributed by atoms with Gasteiger partial charge < -0.3 is 24.4 Å². The first-order chi connectivity index (χ1) is 13.9. The molecule has 1 N–H and O–H groups in total. The largest absolute Gasteiger partial charge is 0.497 e. The molecule has 1 atom stereocenters. The van der Waals surface area contributed by atoms with E-state index in [2.05, 4.69) is 30.6 Å². The van der Waals surface area contributed by atoms with Crippen molar-refractivity contribution in [3.05, 3.63) is 35.9 Å². The number of piperidine rings is 1. The van der Waals surface area contributed by atoms with Crippen molar-refractivity contribution < 1.29 is 19.0 Å². The van der Waals surface area contributed by atoms with Gasteiger partial charge in [0.2, 0.25) is 0 Å². The van der Waals surface area contributed by atoms with Gasteiger partial charge in [-0.2, -0.15) is 0 Å². The van der Waals surface area contributed by atoms with Crippen LogP contribution in [0.5, 0.6) is 11.5 Å². The number of likely N-dealkylation sites (tertiary alicyclic amines) is 1. The number of rotatable bonds is 11. The quantitative estimate of drug-likeness (QED) is 0.451. The summed E-state index contributed by atoms with van der Waals surface area (Å²) in [5.74, 6) is 1.10. The summed E-state index contributed by atoms with van der Waals surface area (Å²) in [7, 11) is 3.22. The molecule has 29 heavy (non-hydrogen) atoms. The van der Waals surface area contributed by atoms with Crippen LogP contribution in [-0.4, -0.2) is 63.4 Å². The third-order valence-electron chi connectivity index (χ3n) is 5.41. The molecule has 0 bridgehead atoms. The Morgan fingerprint density at radius 2 is 2.03 bits per heavy atom. The number of ether oxygens (including phenoxy) is 3. The molecule has 162 valence electrons. The standard InChI is InChI=1S/C23H36N2O4/c1-17(2)6-7-18(3)25-13-10-19(11-14-25)29-22-16-20(28-5)8-9-21(22)23(26)24-12-15-27-4/h8-9,16,18-19H,1,6-7,10-15H2,2-5H3,(H,24,26)/t18-/m0/s1. The van der Waals surface area contributed by atoms with Crippen molar-refractivity contribution in [1.82, 2.24) is 10.2 Å². The van der Waals surface area contributed by atoms with Crippen LogP contribution < -0.4 is 14.8 Å². The summed E-state index contributed by atoms with van der Waals surface area (Å²) in [5.41, 5.74) is 1.77. The van der Waals surface area contributed by atoms with Crippen molar-refractivity contribution in [2.24, 2.45) is 0 Å².